The molecule has 1 aromatic carbocycles. The van der Waals surface area contributed by atoms with Gasteiger partial charge in [0.05, 0.1) is 6.04 Å². The van der Waals surface area contributed by atoms with Crippen molar-refractivity contribution < 1.29 is 0 Å². The molecule has 0 saturated heterocycles. The topological polar surface area (TPSA) is 12.0 Å². The van der Waals surface area contributed by atoms with Gasteiger partial charge in [-0.15, -0.1) is 6.42 Å². The number of hydrogen-bond acceptors (Lipinski definition) is 1. The molecule has 1 heteroatoms. The Hall–Kier alpha value is -1.42. The van der Waals surface area contributed by atoms with E-state index in [1.54, 1.807) is 0 Å². The van der Waals surface area contributed by atoms with E-state index in [2.05, 4.69) is 37.2 Å². The van der Waals surface area contributed by atoms with Crippen molar-refractivity contribution in [3.05, 3.63) is 29.8 Å². The van der Waals surface area contributed by atoms with Crippen LogP contribution < -0.4 is 5.32 Å². The maximum Gasteiger partial charge on any atom is 0.0871 e. The first-order valence-corrected chi connectivity index (χ1v) is 4.56. The SMILES string of the molecule is C#CC(CC)Nc1ccccc1C. The minimum atomic E-state index is 0.140. The standard InChI is InChI=1S/C12H15N/c1-4-11(5-2)13-12-9-7-6-8-10(12)3/h1,6-9,11,13H,5H2,2-3H3. The van der Waals surface area contributed by atoms with Gasteiger partial charge in [0, 0.05) is 5.69 Å². The predicted molar refractivity (Wildman–Crippen MR) is 57.7 cm³/mol. The van der Waals surface area contributed by atoms with Gasteiger partial charge in [-0.05, 0) is 25.0 Å². The van der Waals surface area contributed by atoms with Gasteiger partial charge >= 0.3 is 0 Å². The van der Waals surface area contributed by atoms with Gasteiger partial charge < -0.3 is 5.32 Å². The Morgan fingerprint density at radius 1 is 1.46 bits per heavy atom. The van der Waals surface area contributed by atoms with E-state index in [0.29, 0.717) is 0 Å². The molecule has 1 unspecified atom stereocenters. The molecule has 0 saturated carbocycles. The highest BCUT2D eigenvalue weighted by atomic mass is 14.9. The molecule has 1 rings (SSSR count). The van der Waals surface area contributed by atoms with Crippen LogP contribution in [0.15, 0.2) is 24.3 Å². The molecule has 13 heavy (non-hydrogen) atoms. The zero-order chi connectivity index (χ0) is 9.68. The van der Waals surface area contributed by atoms with Crippen LogP contribution >= 0.6 is 0 Å². The van der Waals surface area contributed by atoms with Gasteiger partial charge in [-0.25, -0.2) is 0 Å². The molecule has 0 bridgehead atoms. The Morgan fingerprint density at radius 2 is 2.15 bits per heavy atom. The maximum absolute atomic E-state index is 5.37. The fourth-order valence-electron chi connectivity index (χ4n) is 1.18. The van der Waals surface area contributed by atoms with E-state index >= 15 is 0 Å². The van der Waals surface area contributed by atoms with Gasteiger partial charge in [0.15, 0.2) is 0 Å². The molecule has 0 spiro atoms. The summed E-state index contributed by atoms with van der Waals surface area (Å²) in [6, 6.07) is 8.30. The lowest BCUT2D eigenvalue weighted by molar-refractivity contribution is 0.856. The number of terminal acetylenes is 1. The molecule has 0 fully saturated rings. The number of hydrogen-bond donors (Lipinski definition) is 1. The van der Waals surface area contributed by atoms with Gasteiger partial charge in [0.2, 0.25) is 0 Å². The van der Waals surface area contributed by atoms with Crippen molar-refractivity contribution in [1.82, 2.24) is 0 Å². The lowest BCUT2D eigenvalue weighted by Gasteiger charge is -2.13. The summed E-state index contributed by atoms with van der Waals surface area (Å²) >= 11 is 0. The molecule has 0 radical (unpaired) electrons. The van der Waals surface area contributed by atoms with Gasteiger partial charge in [0.1, 0.15) is 0 Å². The average molecular weight is 173 g/mol. The Labute approximate surface area is 80.2 Å². The molecule has 1 aromatic rings. The van der Waals surface area contributed by atoms with Crippen LogP contribution in [0.25, 0.3) is 0 Å². The molecule has 0 aliphatic rings. The zero-order valence-corrected chi connectivity index (χ0v) is 8.17. The smallest absolute Gasteiger partial charge is 0.0871 e. The van der Waals surface area contributed by atoms with E-state index in [-0.39, 0.29) is 6.04 Å². The van der Waals surface area contributed by atoms with E-state index in [1.165, 1.54) is 5.56 Å². The lowest BCUT2D eigenvalue weighted by atomic mass is 10.1. The minimum absolute atomic E-state index is 0.140. The quantitative estimate of drug-likeness (QED) is 0.693. The molecule has 1 N–H and O–H groups in total. The second kappa shape index (κ2) is 4.57. The third kappa shape index (κ3) is 2.52. The van der Waals surface area contributed by atoms with Crippen LogP contribution in [0.4, 0.5) is 5.69 Å². The number of aryl methyl sites for hydroxylation is 1. The Balaban J connectivity index is 2.74. The van der Waals surface area contributed by atoms with Crippen LogP contribution in [0.5, 0.6) is 0 Å². The molecule has 1 atom stereocenters. The van der Waals surface area contributed by atoms with Crippen molar-refractivity contribution in [1.29, 1.82) is 0 Å². The molecule has 0 amide bonds. The molecule has 1 nitrogen and oxygen atoms in total. The Morgan fingerprint density at radius 3 is 2.69 bits per heavy atom. The molecule has 0 aliphatic carbocycles. The van der Waals surface area contributed by atoms with Crippen LogP contribution in [0.3, 0.4) is 0 Å². The van der Waals surface area contributed by atoms with Crippen LogP contribution in [0, 0.1) is 19.3 Å². The first-order chi connectivity index (χ1) is 6.27. The zero-order valence-electron chi connectivity index (χ0n) is 8.17. The highest BCUT2D eigenvalue weighted by Gasteiger charge is 2.02. The number of anilines is 1. The van der Waals surface area contributed by atoms with Crippen LogP contribution in [-0.4, -0.2) is 6.04 Å². The molecular formula is C12H15N. The summed E-state index contributed by atoms with van der Waals surface area (Å²) in [5.41, 5.74) is 2.36. The third-order valence-electron chi connectivity index (χ3n) is 2.08. The van der Waals surface area contributed by atoms with Crippen molar-refractivity contribution in [2.24, 2.45) is 0 Å². The van der Waals surface area contributed by atoms with Crippen molar-refractivity contribution in [2.75, 3.05) is 5.32 Å². The fourth-order valence-corrected chi connectivity index (χ4v) is 1.18. The highest BCUT2D eigenvalue weighted by Crippen LogP contribution is 2.14. The summed E-state index contributed by atoms with van der Waals surface area (Å²) in [6.45, 7) is 4.15. The second-order valence-electron chi connectivity index (χ2n) is 3.09. The summed E-state index contributed by atoms with van der Waals surface area (Å²) in [5.74, 6) is 2.72. The number of benzene rings is 1. The summed E-state index contributed by atoms with van der Waals surface area (Å²) in [5, 5.41) is 3.31. The van der Waals surface area contributed by atoms with E-state index in [9.17, 15) is 0 Å². The highest BCUT2D eigenvalue weighted by molar-refractivity contribution is 5.51. The minimum Gasteiger partial charge on any atom is -0.371 e. The van der Waals surface area contributed by atoms with Gasteiger partial charge in [-0.1, -0.05) is 31.0 Å². The van der Waals surface area contributed by atoms with Crippen LogP contribution in [0.2, 0.25) is 0 Å². The van der Waals surface area contributed by atoms with Crippen molar-refractivity contribution in [3.8, 4) is 12.3 Å². The largest absolute Gasteiger partial charge is 0.371 e. The molecule has 0 aliphatic heterocycles. The van der Waals surface area contributed by atoms with Crippen LogP contribution in [-0.2, 0) is 0 Å². The summed E-state index contributed by atoms with van der Waals surface area (Å²) < 4.78 is 0. The van der Waals surface area contributed by atoms with E-state index < -0.39 is 0 Å². The second-order valence-corrected chi connectivity index (χ2v) is 3.09. The van der Waals surface area contributed by atoms with E-state index in [4.69, 9.17) is 6.42 Å². The Bertz CT molecular complexity index is 309. The monoisotopic (exact) mass is 173 g/mol. The van der Waals surface area contributed by atoms with E-state index in [0.717, 1.165) is 12.1 Å². The average Bonchev–Trinajstić information content (AvgIpc) is 2.17. The fraction of sp³-hybridized carbons (Fsp3) is 0.333. The number of nitrogens with one attached hydrogen (secondary N) is 1. The van der Waals surface area contributed by atoms with Gasteiger partial charge in [-0.2, -0.15) is 0 Å². The third-order valence-corrected chi connectivity index (χ3v) is 2.08. The van der Waals surface area contributed by atoms with Crippen molar-refractivity contribution in [2.45, 2.75) is 26.3 Å². The maximum atomic E-state index is 5.37. The van der Waals surface area contributed by atoms with E-state index in [1.807, 2.05) is 12.1 Å². The predicted octanol–water partition coefficient (Wildman–Crippen LogP) is 2.82. The van der Waals surface area contributed by atoms with Gasteiger partial charge in [0.25, 0.3) is 0 Å². The molecule has 0 heterocycles. The van der Waals surface area contributed by atoms with Crippen molar-refractivity contribution in [3.63, 3.8) is 0 Å². The summed E-state index contributed by atoms with van der Waals surface area (Å²) in [7, 11) is 0. The molecular weight excluding hydrogens is 158 g/mol. The number of rotatable bonds is 3. The van der Waals surface area contributed by atoms with Crippen molar-refractivity contribution >= 4 is 5.69 Å². The summed E-state index contributed by atoms with van der Waals surface area (Å²) in [6.07, 6.45) is 6.32. The summed E-state index contributed by atoms with van der Waals surface area (Å²) in [4.78, 5) is 0. The normalized spacial score (nSPS) is 11.8. The molecule has 0 aromatic heterocycles. The number of para-hydroxylation sites is 1. The first-order valence-electron chi connectivity index (χ1n) is 4.56. The molecule has 68 valence electrons. The van der Waals surface area contributed by atoms with Gasteiger partial charge in [-0.3, -0.25) is 0 Å². The Kier molecular flexibility index (Phi) is 3.40. The lowest BCUT2D eigenvalue weighted by Crippen LogP contribution is -2.16. The van der Waals surface area contributed by atoms with Crippen LogP contribution in [0.1, 0.15) is 18.9 Å². The first kappa shape index (κ1) is 9.67.